The Kier molecular flexibility index (Phi) is 14.5. The second kappa shape index (κ2) is 20.0. The average molecular weight is 848 g/mol. The number of pyridine rings is 1. The van der Waals surface area contributed by atoms with Gasteiger partial charge in [0.2, 0.25) is 5.88 Å². The van der Waals surface area contributed by atoms with E-state index in [0.717, 1.165) is 55.3 Å². The van der Waals surface area contributed by atoms with Crippen molar-refractivity contribution in [2.45, 2.75) is 103 Å². The standard InChI is InChI=1S/C46H59F2N5O8/c1-31-22-35(60-30-55-5)23-37(36(31)15-19-56-20-21-57-34-14-9-10-17-52(27-34)44(54)61-45(2,3)4)40-39(48)41-38(25-49-40)42(58-28-32-12-7-6-8-13-32)51-43(50-41)59-29-46-16-11-18-53(46)26-33(47)24-46/h6-8,12-13,22-23,25,33-34H,9-11,14-21,24,26-30H2,1-5H3/t33-,34-,46+/m1/s1. The molecule has 0 unspecified atom stereocenters. The van der Waals surface area contributed by atoms with Crippen LogP contribution in [-0.2, 0) is 32.0 Å². The van der Waals surface area contributed by atoms with Crippen LogP contribution < -0.4 is 14.2 Å². The Morgan fingerprint density at radius 1 is 0.984 bits per heavy atom. The number of aryl methyl sites for hydroxylation is 1. The lowest BCUT2D eigenvalue weighted by Gasteiger charge is -2.30. The lowest BCUT2D eigenvalue weighted by molar-refractivity contribution is -0.0171. The van der Waals surface area contributed by atoms with E-state index in [1.165, 1.54) is 13.3 Å². The Balaban J connectivity index is 1.10. The highest BCUT2D eigenvalue weighted by Gasteiger charge is 2.49. The molecule has 0 radical (unpaired) electrons. The minimum Gasteiger partial charge on any atom is -0.472 e. The van der Waals surface area contributed by atoms with Crippen LogP contribution in [0.25, 0.3) is 22.2 Å². The zero-order valence-corrected chi connectivity index (χ0v) is 36.1. The van der Waals surface area contributed by atoms with Gasteiger partial charge in [-0.2, -0.15) is 9.97 Å². The maximum atomic E-state index is 17.2. The van der Waals surface area contributed by atoms with Crippen LogP contribution in [0.4, 0.5) is 13.6 Å². The molecule has 0 aliphatic carbocycles. The molecule has 0 spiro atoms. The molecule has 0 bridgehead atoms. The van der Waals surface area contributed by atoms with Crippen molar-refractivity contribution in [1.82, 2.24) is 24.8 Å². The first-order valence-corrected chi connectivity index (χ1v) is 21.4. The van der Waals surface area contributed by atoms with Crippen LogP contribution in [0.3, 0.4) is 0 Å². The zero-order valence-electron chi connectivity index (χ0n) is 36.1. The molecule has 2 aromatic carbocycles. The number of likely N-dealkylation sites (tertiary alicyclic amines) is 1. The number of nitrogens with zero attached hydrogens (tertiary/aromatic N) is 5. The van der Waals surface area contributed by atoms with Crippen LogP contribution in [0.5, 0.6) is 17.6 Å². The SMILES string of the molecule is COCOc1cc(C)c(CCOCCO[C@@H]2CCCCN(C(=O)OC(C)(C)C)C2)c(-c2ncc3c(OCc4ccccc4)nc(OC[C@@]45CCCN4C[C@H](F)C5)nc3c2F)c1. The van der Waals surface area contributed by atoms with Crippen molar-refractivity contribution in [2.24, 2.45) is 0 Å². The van der Waals surface area contributed by atoms with Crippen molar-refractivity contribution in [3.8, 4) is 28.9 Å². The molecule has 3 aliphatic heterocycles. The molecule has 13 nitrogen and oxygen atoms in total. The predicted octanol–water partition coefficient (Wildman–Crippen LogP) is 8.02. The second-order valence-corrected chi connectivity index (χ2v) is 17.2. The summed E-state index contributed by atoms with van der Waals surface area (Å²) in [6, 6.07) is 13.2. The van der Waals surface area contributed by atoms with Crippen molar-refractivity contribution < 1.29 is 46.7 Å². The molecule has 3 fully saturated rings. The number of benzene rings is 2. The van der Waals surface area contributed by atoms with E-state index in [-0.39, 0.29) is 60.7 Å². The maximum absolute atomic E-state index is 17.2. The Labute approximate surface area is 357 Å². The van der Waals surface area contributed by atoms with Crippen LogP contribution in [0.2, 0.25) is 0 Å². The summed E-state index contributed by atoms with van der Waals surface area (Å²) < 4.78 is 73.0. The summed E-state index contributed by atoms with van der Waals surface area (Å²) in [5.74, 6) is -0.0652. The minimum atomic E-state index is -0.929. The zero-order chi connectivity index (χ0) is 43.0. The first-order chi connectivity index (χ1) is 29.4. The van der Waals surface area contributed by atoms with Crippen LogP contribution in [-0.4, -0.2) is 121 Å². The van der Waals surface area contributed by atoms with E-state index in [1.807, 2.05) is 64.1 Å². The predicted molar refractivity (Wildman–Crippen MR) is 225 cm³/mol. The summed E-state index contributed by atoms with van der Waals surface area (Å²) >= 11 is 0. The van der Waals surface area contributed by atoms with E-state index < -0.39 is 23.1 Å². The summed E-state index contributed by atoms with van der Waals surface area (Å²) in [6.45, 7) is 11.2. The molecule has 15 heteroatoms. The van der Waals surface area contributed by atoms with Gasteiger partial charge in [0.05, 0.1) is 43.4 Å². The van der Waals surface area contributed by atoms with E-state index in [1.54, 1.807) is 11.0 Å². The van der Waals surface area contributed by atoms with Gasteiger partial charge in [-0.3, -0.25) is 9.88 Å². The molecule has 3 atom stereocenters. The average Bonchev–Trinajstić information content (AvgIpc) is 3.65. The molecule has 3 saturated heterocycles. The van der Waals surface area contributed by atoms with Crippen molar-refractivity contribution in [2.75, 3.05) is 66.5 Å². The summed E-state index contributed by atoms with van der Waals surface area (Å²) in [6.07, 6.45) is 5.42. The number of ether oxygens (including phenoxy) is 7. The topological polar surface area (TPSA) is 127 Å². The fourth-order valence-corrected chi connectivity index (χ4v) is 8.57. The number of hydrogen-bond acceptors (Lipinski definition) is 12. The molecule has 1 amide bonds. The highest BCUT2D eigenvalue weighted by molar-refractivity contribution is 5.87. The normalized spacial score (nSPS) is 20.7. The second-order valence-electron chi connectivity index (χ2n) is 17.2. The molecule has 330 valence electrons. The first-order valence-electron chi connectivity index (χ1n) is 21.4. The number of hydrogen-bond donors (Lipinski definition) is 0. The van der Waals surface area contributed by atoms with E-state index in [9.17, 15) is 9.18 Å². The number of carbonyl (C=O) groups excluding carboxylic acids is 1. The number of alkyl halides is 1. The lowest BCUT2D eigenvalue weighted by Crippen LogP contribution is -2.43. The smallest absolute Gasteiger partial charge is 0.410 e. The molecule has 3 aliphatic rings. The Hall–Kier alpha value is -4.70. The van der Waals surface area contributed by atoms with Crippen molar-refractivity contribution >= 4 is 17.0 Å². The van der Waals surface area contributed by atoms with Crippen LogP contribution in [0.15, 0.2) is 48.7 Å². The van der Waals surface area contributed by atoms with E-state index in [0.29, 0.717) is 63.6 Å². The van der Waals surface area contributed by atoms with Crippen LogP contribution >= 0.6 is 0 Å². The Bertz CT molecular complexity index is 2110. The molecular formula is C46H59F2N5O8. The van der Waals surface area contributed by atoms with Gasteiger partial charge in [-0.15, -0.1) is 0 Å². The highest BCUT2D eigenvalue weighted by Crippen LogP contribution is 2.41. The van der Waals surface area contributed by atoms with Gasteiger partial charge in [0.25, 0.3) is 0 Å². The largest absolute Gasteiger partial charge is 0.472 e. The maximum Gasteiger partial charge on any atom is 0.410 e. The third-order valence-electron chi connectivity index (χ3n) is 11.5. The summed E-state index contributed by atoms with van der Waals surface area (Å²) in [5, 5.41) is 0.283. The molecule has 5 heterocycles. The van der Waals surface area contributed by atoms with Gasteiger partial charge in [0.15, 0.2) is 12.6 Å². The third-order valence-corrected chi connectivity index (χ3v) is 11.5. The monoisotopic (exact) mass is 847 g/mol. The number of carbonyl (C=O) groups is 1. The fourth-order valence-electron chi connectivity index (χ4n) is 8.57. The van der Waals surface area contributed by atoms with Gasteiger partial charge in [0.1, 0.15) is 41.9 Å². The van der Waals surface area contributed by atoms with E-state index in [4.69, 9.17) is 33.2 Å². The Morgan fingerprint density at radius 3 is 2.62 bits per heavy atom. The van der Waals surface area contributed by atoms with E-state index >= 15 is 4.39 Å². The van der Waals surface area contributed by atoms with Gasteiger partial charge < -0.3 is 38.1 Å². The summed E-state index contributed by atoms with van der Waals surface area (Å²) in [4.78, 5) is 30.5. The van der Waals surface area contributed by atoms with Crippen molar-refractivity contribution in [1.29, 1.82) is 0 Å². The van der Waals surface area contributed by atoms with Gasteiger partial charge in [0, 0.05) is 38.4 Å². The van der Waals surface area contributed by atoms with Crippen molar-refractivity contribution in [3.63, 3.8) is 0 Å². The van der Waals surface area contributed by atoms with Gasteiger partial charge in [-0.25, -0.2) is 13.6 Å². The van der Waals surface area contributed by atoms with Crippen LogP contribution in [0.1, 0.15) is 76.0 Å². The molecule has 4 aromatic rings. The number of halogens is 2. The molecule has 0 N–H and O–H groups in total. The summed E-state index contributed by atoms with van der Waals surface area (Å²) in [7, 11) is 1.53. The number of rotatable bonds is 17. The quantitative estimate of drug-likeness (QED) is 0.0755. The summed E-state index contributed by atoms with van der Waals surface area (Å²) in [5.41, 5.74) is 2.12. The molecule has 2 aromatic heterocycles. The highest BCUT2D eigenvalue weighted by atomic mass is 19.1. The fraction of sp³-hybridized carbons (Fsp3) is 0.565. The van der Waals surface area contributed by atoms with Crippen LogP contribution in [0, 0.1) is 12.7 Å². The molecule has 0 saturated carbocycles. The first kappa shape index (κ1) is 44.4. The Morgan fingerprint density at radius 2 is 1.82 bits per heavy atom. The third kappa shape index (κ3) is 11.2. The van der Waals surface area contributed by atoms with Gasteiger partial charge >= 0.3 is 12.1 Å². The molecular weight excluding hydrogens is 789 g/mol. The minimum absolute atomic E-state index is 0.00358. The molecule has 61 heavy (non-hydrogen) atoms. The number of amides is 1. The lowest BCUT2D eigenvalue weighted by atomic mass is 9.95. The van der Waals surface area contributed by atoms with E-state index in [2.05, 4.69) is 19.9 Å². The molecule has 7 rings (SSSR count). The van der Waals surface area contributed by atoms with Gasteiger partial charge in [-0.1, -0.05) is 30.3 Å². The van der Waals surface area contributed by atoms with Gasteiger partial charge in [-0.05, 0) is 102 Å². The number of aromatic nitrogens is 3. The number of methoxy groups -OCH3 is 1. The van der Waals surface area contributed by atoms with Crippen molar-refractivity contribution in [3.05, 3.63) is 71.2 Å². The number of fused-ring (bicyclic) bond motifs is 2.